The van der Waals surface area contributed by atoms with Gasteiger partial charge in [0, 0.05) is 16.8 Å². The molecule has 2 aromatic carbocycles. The van der Waals surface area contributed by atoms with E-state index in [1.165, 1.54) is 0 Å². The number of carbonyl (C=O) groups is 1. The number of nitrogens with one attached hydrogen (secondary N) is 1. The van der Waals surface area contributed by atoms with Crippen LogP contribution < -0.4 is 14.8 Å². The lowest BCUT2D eigenvalue weighted by Gasteiger charge is -2.08. The summed E-state index contributed by atoms with van der Waals surface area (Å²) in [5, 5.41) is 18.1. The average Bonchev–Trinajstić information content (AvgIpc) is 3.58. The third kappa shape index (κ3) is 3.25. The van der Waals surface area contributed by atoms with Crippen molar-refractivity contribution in [2.45, 2.75) is 0 Å². The normalized spacial score (nSPS) is 12.2. The molecule has 6 rings (SSSR count). The lowest BCUT2D eigenvalue weighted by molar-refractivity contribution is 0.102. The molecule has 0 radical (unpaired) electrons. The zero-order chi connectivity index (χ0) is 21.5. The first-order valence-corrected chi connectivity index (χ1v) is 10.7. The lowest BCUT2D eigenvalue weighted by Crippen LogP contribution is -2.11. The van der Waals surface area contributed by atoms with Crippen LogP contribution in [0.2, 0.25) is 0 Å². The summed E-state index contributed by atoms with van der Waals surface area (Å²) in [6.07, 6.45) is 0. The number of aromatic nitrogens is 4. The highest BCUT2D eigenvalue weighted by Crippen LogP contribution is 2.32. The number of rotatable bonds is 4. The molecule has 0 aliphatic carbocycles. The zero-order valence-electron chi connectivity index (χ0n) is 16.6. The second-order valence-electron chi connectivity index (χ2n) is 7.09. The van der Waals surface area contributed by atoms with Crippen molar-refractivity contribution in [1.82, 2.24) is 19.8 Å². The number of benzene rings is 2. The van der Waals surface area contributed by atoms with Crippen LogP contribution >= 0.6 is 11.3 Å². The van der Waals surface area contributed by atoms with Crippen molar-refractivity contribution in [2.24, 2.45) is 0 Å². The fourth-order valence-electron chi connectivity index (χ4n) is 3.47. The van der Waals surface area contributed by atoms with Gasteiger partial charge in [-0.05, 0) is 53.9 Å². The number of anilines is 1. The molecule has 3 aromatic heterocycles. The quantitative estimate of drug-likeness (QED) is 0.442. The van der Waals surface area contributed by atoms with E-state index >= 15 is 0 Å². The molecule has 0 spiro atoms. The van der Waals surface area contributed by atoms with Gasteiger partial charge in [-0.25, -0.2) is 0 Å². The van der Waals surface area contributed by atoms with Crippen molar-refractivity contribution in [1.29, 1.82) is 0 Å². The molecule has 1 aliphatic rings. The van der Waals surface area contributed by atoms with E-state index in [0.717, 1.165) is 16.1 Å². The maximum atomic E-state index is 12.6. The number of amides is 1. The molecule has 1 aliphatic heterocycles. The second kappa shape index (κ2) is 7.47. The molecule has 5 aromatic rings. The lowest BCUT2D eigenvalue weighted by atomic mass is 10.1. The van der Waals surface area contributed by atoms with Crippen molar-refractivity contribution < 1.29 is 14.3 Å². The standard InChI is InChI=1S/C23H15N5O3S/c29-23(15-5-9-18-19(12-15)31-13-30-18)24-16-6-3-14(4-7-16)17-8-10-21-25-26-22(28(21)27-17)20-2-1-11-32-20/h1-12H,13H2,(H,24,29). The summed E-state index contributed by atoms with van der Waals surface area (Å²) in [4.78, 5) is 13.6. The number of hydrogen-bond donors (Lipinski definition) is 1. The molecule has 156 valence electrons. The van der Waals surface area contributed by atoms with Gasteiger partial charge in [0.25, 0.3) is 5.91 Å². The van der Waals surface area contributed by atoms with Crippen molar-refractivity contribution in [2.75, 3.05) is 12.1 Å². The Morgan fingerprint density at radius 1 is 0.969 bits per heavy atom. The van der Waals surface area contributed by atoms with E-state index in [1.807, 2.05) is 53.9 Å². The minimum Gasteiger partial charge on any atom is -0.454 e. The monoisotopic (exact) mass is 441 g/mol. The van der Waals surface area contributed by atoms with E-state index in [4.69, 9.17) is 14.6 Å². The van der Waals surface area contributed by atoms with Crippen molar-refractivity contribution in [3.05, 3.63) is 77.7 Å². The third-order valence-electron chi connectivity index (χ3n) is 5.08. The van der Waals surface area contributed by atoms with Crippen LogP contribution in [-0.4, -0.2) is 32.5 Å². The van der Waals surface area contributed by atoms with Crippen molar-refractivity contribution >= 4 is 28.6 Å². The average molecular weight is 441 g/mol. The fraction of sp³-hybridized carbons (Fsp3) is 0.0435. The molecule has 9 heteroatoms. The molecule has 0 bridgehead atoms. The fourth-order valence-corrected chi connectivity index (χ4v) is 4.16. The van der Waals surface area contributed by atoms with Gasteiger partial charge >= 0.3 is 0 Å². The number of nitrogens with zero attached hydrogens (tertiary/aromatic N) is 4. The van der Waals surface area contributed by atoms with E-state index in [1.54, 1.807) is 34.1 Å². The first-order chi connectivity index (χ1) is 15.7. The summed E-state index contributed by atoms with van der Waals surface area (Å²) in [6, 6.07) is 20.4. The van der Waals surface area contributed by atoms with Gasteiger partial charge in [-0.3, -0.25) is 4.79 Å². The molecule has 32 heavy (non-hydrogen) atoms. The molecule has 1 amide bonds. The van der Waals surface area contributed by atoms with Crippen LogP contribution in [0.25, 0.3) is 27.6 Å². The maximum absolute atomic E-state index is 12.6. The van der Waals surface area contributed by atoms with Gasteiger partial charge in [0.2, 0.25) is 6.79 Å². The zero-order valence-corrected chi connectivity index (χ0v) is 17.4. The number of ether oxygens (including phenoxy) is 2. The largest absolute Gasteiger partial charge is 0.454 e. The molecule has 0 fully saturated rings. The first-order valence-electron chi connectivity index (χ1n) is 9.82. The Bertz CT molecular complexity index is 1440. The van der Waals surface area contributed by atoms with E-state index in [2.05, 4.69) is 15.5 Å². The summed E-state index contributed by atoms with van der Waals surface area (Å²) >= 11 is 1.59. The van der Waals surface area contributed by atoms with Gasteiger partial charge in [0.1, 0.15) is 0 Å². The number of carbonyl (C=O) groups excluding carboxylic acids is 1. The van der Waals surface area contributed by atoms with Crippen molar-refractivity contribution in [3.8, 4) is 33.5 Å². The highest BCUT2D eigenvalue weighted by atomic mass is 32.1. The Hall–Kier alpha value is -4.24. The molecule has 4 heterocycles. The second-order valence-corrected chi connectivity index (χ2v) is 8.04. The van der Waals surface area contributed by atoms with Crippen LogP contribution in [0, 0.1) is 0 Å². The van der Waals surface area contributed by atoms with Crippen LogP contribution in [0.1, 0.15) is 10.4 Å². The van der Waals surface area contributed by atoms with Gasteiger partial charge in [-0.1, -0.05) is 18.2 Å². The van der Waals surface area contributed by atoms with Gasteiger partial charge < -0.3 is 14.8 Å². The molecule has 8 nitrogen and oxygen atoms in total. The maximum Gasteiger partial charge on any atom is 0.255 e. The van der Waals surface area contributed by atoms with Crippen LogP contribution in [0.3, 0.4) is 0 Å². The molecule has 0 atom stereocenters. The van der Waals surface area contributed by atoms with E-state index < -0.39 is 0 Å². The highest BCUT2D eigenvalue weighted by Gasteiger charge is 2.16. The Morgan fingerprint density at radius 2 is 1.84 bits per heavy atom. The van der Waals surface area contributed by atoms with Crippen LogP contribution in [0.5, 0.6) is 11.5 Å². The predicted octanol–water partition coefficient (Wildman–Crippen LogP) is 4.50. The SMILES string of the molecule is O=C(Nc1ccc(-c2ccc3nnc(-c4cccs4)n3n2)cc1)c1ccc2c(c1)OCO2. The summed E-state index contributed by atoms with van der Waals surface area (Å²) in [7, 11) is 0. The van der Waals surface area contributed by atoms with Crippen LogP contribution in [0.4, 0.5) is 5.69 Å². The Labute approximate surface area is 186 Å². The first kappa shape index (κ1) is 18.5. The van der Waals surface area contributed by atoms with Gasteiger partial charge in [-0.15, -0.1) is 21.5 Å². The molecular weight excluding hydrogens is 426 g/mol. The minimum absolute atomic E-state index is 0.172. The van der Waals surface area contributed by atoms with E-state index in [-0.39, 0.29) is 12.7 Å². The molecule has 0 saturated carbocycles. The topological polar surface area (TPSA) is 90.6 Å². The van der Waals surface area contributed by atoms with Gasteiger partial charge in [0.05, 0.1) is 10.6 Å². The van der Waals surface area contributed by atoms with Crippen molar-refractivity contribution in [3.63, 3.8) is 0 Å². The Balaban J connectivity index is 1.24. The Morgan fingerprint density at radius 3 is 2.69 bits per heavy atom. The predicted molar refractivity (Wildman–Crippen MR) is 120 cm³/mol. The Kier molecular flexibility index (Phi) is 4.32. The van der Waals surface area contributed by atoms with Crippen LogP contribution in [0.15, 0.2) is 72.1 Å². The number of hydrogen-bond acceptors (Lipinski definition) is 7. The summed E-state index contributed by atoms with van der Waals surface area (Å²) in [5.74, 6) is 1.71. The molecular formula is C23H15N5O3S. The number of thiophene rings is 1. The molecule has 1 N–H and O–H groups in total. The van der Waals surface area contributed by atoms with E-state index in [9.17, 15) is 4.79 Å². The smallest absolute Gasteiger partial charge is 0.255 e. The van der Waals surface area contributed by atoms with Gasteiger partial charge in [-0.2, -0.15) is 9.61 Å². The highest BCUT2D eigenvalue weighted by molar-refractivity contribution is 7.13. The summed E-state index contributed by atoms with van der Waals surface area (Å²) in [5.41, 5.74) is 3.56. The van der Waals surface area contributed by atoms with E-state index in [0.29, 0.717) is 34.2 Å². The number of fused-ring (bicyclic) bond motifs is 2. The molecule has 0 saturated heterocycles. The van der Waals surface area contributed by atoms with Gasteiger partial charge in [0.15, 0.2) is 23.0 Å². The minimum atomic E-state index is -0.222. The summed E-state index contributed by atoms with van der Waals surface area (Å²) in [6.45, 7) is 0.172. The summed E-state index contributed by atoms with van der Waals surface area (Å²) < 4.78 is 12.4. The van der Waals surface area contributed by atoms with Crippen LogP contribution in [-0.2, 0) is 0 Å². The third-order valence-corrected chi connectivity index (χ3v) is 5.94. The molecule has 0 unspecified atom stereocenters.